The average Bonchev–Trinajstić information content (AvgIpc) is 3.01. The van der Waals surface area contributed by atoms with Crippen LogP contribution in [0.1, 0.15) is 36.2 Å². The molecule has 1 fully saturated rings. The first-order valence-corrected chi connectivity index (χ1v) is 8.28. The molecule has 5 nitrogen and oxygen atoms in total. The molecule has 0 radical (unpaired) electrons. The lowest BCUT2D eigenvalue weighted by atomic mass is 10.0. The van der Waals surface area contributed by atoms with Crippen molar-refractivity contribution in [1.29, 1.82) is 0 Å². The maximum Gasteiger partial charge on any atom is 0.251 e. The predicted molar refractivity (Wildman–Crippen MR) is 91.0 cm³/mol. The van der Waals surface area contributed by atoms with Gasteiger partial charge in [0.1, 0.15) is 6.04 Å². The molecule has 3 N–H and O–H groups in total. The molecule has 1 aliphatic heterocycles. The van der Waals surface area contributed by atoms with Gasteiger partial charge in [0, 0.05) is 18.7 Å². The number of benzene rings is 1. The zero-order chi connectivity index (χ0) is 17.0. The highest BCUT2D eigenvalue weighted by atomic mass is 16.2. The summed E-state index contributed by atoms with van der Waals surface area (Å²) in [6.07, 6.45) is 0.943. The van der Waals surface area contributed by atoms with E-state index in [4.69, 9.17) is 5.73 Å². The number of rotatable bonds is 5. The van der Waals surface area contributed by atoms with E-state index in [1.807, 2.05) is 37.8 Å². The van der Waals surface area contributed by atoms with Crippen LogP contribution in [-0.4, -0.2) is 42.4 Å². The van der Waals surface area contributed by atoms with E-state index in [9.17, 15) is 9.59 Å². The molecule has 2 atom stereocenters. The highest BCUT2D eigenvalue weighted by molar-refractivity contribution is 5.97. The first-order chi connectivity index (χ1) is 10.9. The molecule has 5 heteroatoms. The van der Waals surface area contributed by atoms with Crippen molar-refractivity contribution in [3.05, 3.63) is 35.4 Å². The highest BCUT2D eigenvalue weighted by Gasteiger charge is 2.32. The summed E-state index contributed by atoms with van der Waals surface area (Å²) in [5.74, 6) is 0.205. The molecule has 2 unspecified atom stereocenters. The summed E-state index contributed by atoms with van der Waals surface area (Å²) < 4.78 is 0. The fraction of sp³-hybridized carbons (Fsp3) is 0.556. The van der Waals surface area contributed by atoms with E-state index in [0.29, 0.717) is 24.6 Å². The molecular formula is C18H27N3O2. The van der Waals surface area contributed by atoms with E-state index in [2.05, 4.69) is 5.32 Å². The zero-order valence-corrected chi connectivity index (χ0v) is 14.2. The molecule has 1 aromatic carbocycles. The van der Waals surface area contributed by atoms with Gasteiger partial charge in [0.05, 0.1) is 0 Å². The third-order valence-corrected chi connectivity index (χ3v) is 4.46. The van der Waals surface area contributed by atoms with Gasteiger partial charge >= 0.3 is 0 Å². The van der Waals surface area contributed by atoms with E-state index in [0.717, 1.165) is 18.5 Å². The standard InChI is InChI=1S/C18H27N3O2/c1-12(2)16(18(23)21-9-8-14(10-19)11-21)20-17(22)15-6-4-13(3)5-7-15/h4-7,12,14,16H,8-11,19H2,1-3H3,(H,20,22). The Balaban J connectivity index is 2.05. The van der Waals surface area contributed by atoms with E-state index in [1.54, 1.807) is 12.1 Å². The van der Waals surface area contributed by atoms with Crippen molar-refractivity contribution in [3.63, 3.8) is 0 Å². The van der Waals surface area contributed by atoms with Crippen LogP contribution in [0.15, 0.2) is 24.3 Å². The minimum absolute atomic E-state index is 0.00332. The van der Waals surface area contributed by atoms with E-state index < -0.39 is 6.04 Å². The Bertz CT molecular complexity index is 554. The smallest absolute Gasteiger partial charge is 0.251 e. The third-order valence-electron chi connectivity index (χ3n) is 4.46. The fourth-order valence-corrected chi connectivity index (χ4v) is 2.86. The Hall–Kier alpha value is -1.88. The Morgan fingerprint density at radius 2 is 1.96 bits per heavy atom. The summed E-state index contributed by atoms with van der Waals surface area (Å²) in [4.78, 5) is 27.0. The summed E-state index contributed by atoms with van der Waals surface area (Å²) in [5.41, 5.74) is 7.37. The Morgan fingerprint density at radius 3 is 2.48 bits per heavy atom. The van der Waals surface area contributed by atoms with Crippen molar-refractivity contribution in [3.8, 4) is 0 Å². The van der Waals surface area contributed by atoms with E-state index in [-0.39, 0.29) is 17.7 Å². The summed E-state index contributed by atoms with van der Waals surface area (Å²) in [7, 11) is 0. The molecule has 2 rings (SSSR count). The van der Waals surface area contributed by atoms with Gasteiger partial charge in [-0.3, -0.25) is 9.59 Å². The number of amides is 2. The molecule has 0 aromatic heterocycles. The molecule has 1 aromatic rings. The lowest BCUT2D eigenvalue weighted by Crippen LogP contribution is -2.50. The van der Waals surface area contributed by atoms with Crippen molar-refractivity contribution in [2.45, 2.75) is 33.2 Å². The predicted octanol–water partition coefficient (Wildman–Crippen LogP) is 1.56. The first-order valence-electron chi connectivity index (χ1n) is 8.28. The number of hydrogen-bond donors (Lipinski definition) is 2. The number of nitrogens with one attached hydrogen (secondary N) is 1. The SMILES string of the molecule is Cc1ccc(C(=O)NC(C(=O)N2CCC(CN)C2)C(C)C)cc1. The lowest BCUT2D eigenvalue weighted by Gasteiger charge is -2.27. The van der Waals surface area contributed by atoms with Crippen LogP contribution >= 0.6 is 0 Å². The average molecular weight is 317 g/mol. The van der Waals surface area contributed by atoms with Gasteiger partial charge in [-0.1, -0.05) is 31.5 Å². The quantitative estimate of drug-likeness (QED) is 0.865. The van der Waals surface area contributed by atoms with Gasteiger partial charge in [0.25, 0.3) is 5.91 Å². The van der Waals surface area contributed by atoms with Crippen LogP contribution in [0, 0.1) is 18.8 Å². The molecule has 1 heterocycles. The molecule has 1 saturated heterocycles. The lowest BCUT2D eigenvalue weighted by molar-refractivity contribution is -0.133. The Morgan fingerprint density at radius 1 is 1.30 bits per heavy atom. The summed E-state index contributed by atoms with van der Waals surface area (Å²) in [6, 6.07) is 6.86. The van der Waals surface area contributed by atoms with Crippen LogP contribution in [0.2, 0.25) is 0 Å². The molecule has 0 bridgehead atoms. The van der Waals surface area contributed by atoms with Gasteiger partial charge < -0.3 is 16.0 Å². The largest absolute Gasteiger partial charge is 0.341 e. The van der Waals surface area contributed by atoms with Crippen molar-refractivity contribution in [2.75, 3.05) is 19.6 Å². The molecule has 126 valence electrons. The van der Waals surface area contributed by atoms with Gasteiger partial charge in [0.2, 0.25) is 5.91 Å². The number of nitrogens with two attached hydrogens (primary N) is 1. The van der Waals surface area contributed by atoms with Crippen LogP contribution < -0.4 is 11.1 Å². The first kappa shape index (κ1) is 17.5. The summed E-state index contributed by atoms with van der Waals surface area (Å²) in [5, 5.41) is 2.90. The van der Waals surface area contributed by atoms with Crippen LogP contribution in [0.5, 0.6) is 0 Å². The topological polar surface area (TPSA) is 75.4 Å². The summed E-state index contributed by atoms with van der Waals surface area (Å²) >= 11 is 0. The molecule has 1 aliphatic rings. The Kier molecular flexibility index (Phi) is 5.77. The number of nitrogens with zero attached hydrogens (tertiary/aromatic N) is 1. The molecule has 0 saturated carbocycles. The second kappa shape index (κ2) is 7.59. The molecule has 2 amide bonds. The van der Waals surface area contributed by atoms with E-state index >= 15 is 0 Å². The molecule has 23 heavy (non-hydrogen) atoms. The summed E-state index contributed by atoms with van der Waals surface area (Å²) in [6.45, 7) is 7.90. The minimum Gasteiger partial charge on any atom is -0.341 e. The highest BCUT2D eigenvalue weighted by Crippen LogP contribution is 2.18. The minimum atomic E-state index is -0.500. The molecule has 0 aliphatic carbocycles. The second-order valence-corrected chi connectivity index (χ2v) is 6.74. The number of carbonyl (C=O) groups excluding carboxylic acids is 2. The van der Waals surface area contributed by atoms with Gasteiger partial charge in [-0.05, 0) is 43.9 Å². The van der Waals surface area contributed by atoms with Crippen molar-refractivity contribution in [2.24, 2.45) is 17.6 Å². The van der Waals surface area contributed by atoms with Crippen LogP contribution in [-0.2, 0) is 4.79 Å². The number of hydrogen-bond acceptors (Lipinski definition) is 3. The van der Waals surface area contributed by atoms with Crippen LogP contribution in [0.25, 0.3) is 0 Å². The van der Waals surface area contributed by atoms with Crippen LogP contribution in [0.3, 0.4) is 0 Å². The van der Waals surface area contributed by atoms with Gasteiger partial charge in [0.15, 0.2) is 0 Å². The van der Waals surface area contributed by atoms with Gasteiger partial charge in [-0.15, -0.1) is 0 Å². The maximum absolute atomic E-state index is 12.7. The number of likely N-dealkylation sites (tertiary alicyclic amines) is 1. The molecule has 0 spiro atoms. The number of aryl methyl sites for hydroxylation is 1. The van der Waals surface area contributed by atoms with Gasteiger partial charge in [-0.25, -0.2) is 0 Å². The maximum atomic E-state index is 12.7. The van der Waals surface area contributed by atoms with Crippen molar-refractivity contribution < 1.29 is 9.59 Å². The zero-order valence-electron chi connectivity index (χ0n) is 14.2. The van der Waals surface area contributed by atoms with Crippen molar-refractivity contribution in [1.82, 2.24) is 10.2 Å². The third kappa shape index (κ3) is 4.32. The van der Waals surface area contributed by atoms with Crippen LogP contribution in [0.4, 0.5) is 0 Å². The van der Waals surface area contributed by atoms with Crippen molar-refractivity contribution >= 4 is 11.8 Å². The monoisotopic (exact) mass is 317 g/mol. The van der Waals surface area contributed by atoms with Gasteiger partial charge in [-0.2, -0.15) is 0 Å². The Labute approximate surface area is 138 Å². The number of carbonyl (C=O) groups is 2. The second-order valence-electron chi connectivity index (χ2n) is 6.74. The molecular weight excluding hydrogens is 290 g/mol. The fourth-order valence-electron chi connectivity index (χ4n) is 2.86. The normalized spacial score (nSPS) is 19.0. The van der Waals surface area contributed by atoms with E-state index in [1.165, 1.54) is 0 Å².